The van der Waals surface area contributed by atoms with Crippen LogP contribution in [0, 0.1) is 5.92 Å². The van der Waals surface area contributed by atoms with Crippen molar-refractivity contribution in [2.24, 2.45) is 5.92 Å². The molecule has 20 heavy (non-hydrogen) atoms. The number of ether oxygens (including phenoxy) is 2. The van der Waals surface area contributed by atoms with Crippen LogP contribution >= 0.6 is 0 Å². The largest absolute Gasteiger partial charge is 0.465 e. The van der Waals surface area contributed by atoms with Crippen LogP contribution in [0.1, 0.15) is 33.6 Å². The van der Waals surface area contributed by atoms with E-state index in [2.05, 4.69) is 24.1 Å². The number of nitrogens with one attached hydrogen (secondary N) is 1. The van der Waals surface area contributed by atoms with E-state index in [4.69, 9.17) is 9.47 Å². The molecule has 1 fully saturated rings. The Morgan fingerprint density at radius 2 is 1.95 bits per heavy atom. The number of nitrogens with zero attached hydrogens (tertiary/aromatic N) is 1. The summed E-state index contributed by atoms with van der Waals surface area (Å²) >= 11 is 0. The van der Waals surface area contributed by atoms with Gasteiger partial charge in [-0.05, 0) is 38.8 Å². The third-order valence-corrected chi connectivity index (χ3v) is 3.96. The topological polar surface area (TPSA) is 50.8 Å². The average Bonchev–Trinajstić information content (AvgIpc) is 2.48. The highest BCUT2D eigenvalue weighted by Crippen LogP contribution is 2.19. The number of esters is 1. The van der Waals surface area contributed by atoms with Crippen LogP contribution in [0.4, 0.5) is 0 Å². The molecule has 0 aliphatic carbocycles. The Morgan fingerprint density at radius 3 is 2.50 bits per heavy atom. The lowest BCUT2D eigenvalue weighted by Crippen LogP contribution is -2.48. The van der Waals surface area contributed by atoms with Crippen molar-refractivity contribution in [1.29, 1.82) is 0 Å². The van der Waals surface area contributed by atoms with Gasteiger partial charge in [0.05, 0.1) is 6.61 Å². The smallest absolute Gasteiger partial charge is 0.323 e. The van der Waals surface area contributed by atoms with E-state index in [1.54, 1.807) is 0 Å². The van der Waals surface area contributed by atoms with Gasteiger partial charge in [-0.25, -0.2) is 0 Å². The van der Waals surface area contributed by atoms with Gasteiger partial charge in [-0.15, -0.1) is 0 Å². The van der Waals surface area contributed by atoms with Gasteiger partial charge in [0, 0.05) is 26.3 Å². The third kappa shape index (κ3) is 5.77. The van der Waals surface area contributed by atoms with E-state index in [1.807, 2.05) is 6.92 Å². The van der Waals surface area contributed by atoms with Gasteiger partial charge in [0.15, 0.2) is 0 Å². The molecule has 0 radical (unpaired) electrons. The molecule has 1 unspecified atom stereocenters. The monoisotopic (exact) mass is 286 g/mol. The van der Waals surface area contributed by atoms with E-state index in [1.165, 1.54) is 0 Å². The van der Waals surface area contributed by atoms with E-state index < -0.39 is 0 Å². The Morgan fingerprint density at radius 1 is 1.30 bits per heavy atom. The minimum atomic E-state index is -0.186. The van der Waals surface area contributed by atoms with Crippen LogP contribution in [0.15, 0.2) is 0 Å². The Balaban J connectivity index is 2.46. The summed E-state index contributed by atoms with van der Waals surface area (Å²) in [6.45, 7) is 12.0. The summed E-state index contributed by atoms with van der Waals surface area (Å²) in [6.07, 6.45) is 1.86. The fourth-order valence-corrected chi connectivity index (χ4v) is 2.64. The number of hydrogen-bond donors (Lipinski definition) is 1. The molecule has 0 amide bonds. The summed E-state index contributed by atoms with van der Waals surface area (Å²) < 4.78 is 10.6. The number of carbonyl (C=O) groups excluding carboxylic acids is 1. The first kappa shape index (κ1) is 17.4. The summed E-state index contributed by atoms with van der Waals surface area (Å²) in [6, 6.07) is -0.186. The van der Waals surface area contributed by atoms with E-state index in [0.717, 1.165) is 52.2 Å². The molecule has 1 aliphatic heterocycles. The summed E-state index contributed by atoms with van der Waals surface area (Å²) in [5, 5.41) is 3.40. The highest BCUT2D eigenvalue weighted by molar-refractivity contribution is 5.76. The van der Waals surface area contributed by atoms with Gasteiger partial charge < -0.3 is 19.7 Å². The predicted molar refractivity (Wildman–Crippen MR) is 79.8 cm³/mol. The molecular formula is C15H30N2O3. The molecule has 0 aromatic heterocycles. The predicted octanol–water partition coefficient (Wildman–Crippen LogP) is 1.28. The summed E-state index contributed by atoms with van der Waals surface area (Å²) in [4.78, 5) is 14.5. The first-order valence-corrected chi connectivity index (χ1v) is 7.93. The molecule has 0 aromatic rings. The van der Waals surface area contributed by atoms with Gasteiger partial charge in [0.2, 0.25) is 0 Å². The van der Waals surface area contributed by atoms with Crippen LogP contribution in [-0.2, 0) is 14.3 Å². The minimum Gasteiger partial charge on any atom is -0.465 e. The third-order valence-electron chi connectivity index (χ3n) is 3.96. The maximum absolute atomic E-state index is 12.1. The van der Waals surface area contributed by atoms with Gasteiger partial charge in [0.25, 0.3) is 0 Å². The Kier molecular flexibility index (Phi) is 8.82. The lowest BCUT2D eigenvalue weighted by molar-refractivity contribution is -0.148. The zero-order valence-electron chi connectivity index (χ0n) is 13.2. The molecule has 0 spiro atoms. The molecule has 5 heteroatoms. The van der Waals surface area contributed by atoms with E-state index in [-0.39, 0.29) is 12.0 Å². The number of carbonyl (C=O) groups is 1. The molecule has 1 aliphatic rings. The first-order valence-electron chi connectivity index (χ1n) is 7.93. The quantitative estimate of drug-likeness (QED) is 0.647. The molecule has 118 valence electrons. The van der Waals surface area contributed by atoms with Crippen LogP contribution in [0.5, 0.6) is 0 Å². The number of rotatable bonds is 9. The van der Waals surface area contributed by atoms with Crippen molar-refractivity contribution in [2.75, 3.05) is 46.0 Å². The van der Waals surface area contributed by atoms with Crippen molar-refractivity contribution in [3.8, 4) is 0 Å². The lowest BCUT2D eigenvalue weighted by Gasteiger charge is -2.30. The fourth-order valence-electron chi connectivity index (χ4n) is 2.64. The van der Waals surface area contributed by atoms with Crippen LogP contribution < -0.4 is 5.32 Å². The normalized spacial score (nSPS) is 18.2. The van der Waals surface area contributed by atoms with Gasteiger partial charge in [-0.3, -0.25) is 4.79 Å². The van der Waals surface area contributed by atoms with Gasteiger partial charge in [0.1, 0.15) is 6.04 Å². The highest BCUT2D eigenvalue weighted by atomic mass is 16.5. The fraction of sp³-hybridized carbons (Fsp3) is 0.933. The zero-order chi connectivity index (χ0) is 14.8. The molecule has 0 saturated carbocycles. The van der Waals surface area contributed by atoms with E-state index in [9.17, 15) is 4.79 Å². The summed E-state index contributed by atoms with van der Waals surface area (Å²) in [5.74, 6) is 0.221. The molecule has 1 heterocycles. The molecule has 0 bridgehead atoms. The number of hydrogen-bond acceptors (Lipinski definition) is 5. The van der Waals surface area contributed by atoms with Gasteiger partial charge in [-0.1, -0.05) is 13.8 Å². The van der Waals surface area contributed by atoms with Crippen LogP contribution in [0.2, 0.25) is 0 Å². The van der Waals surface area contributed by atoms with Gasteiger partial charge >= 0.3 is 5.97 Å². The number of likely N-dealkylation sites (N-methyl/N-ethyl adjacent to an activating group) is 1. The second kappa shape index (κ2) is 10.1. The Bertz CT molecular complexity index is 264. The standard InChI is InChI=1S/C15H30N2O3/c1-4-17(5-2)10-9-16-14(15(18)20-6-3)13-7-11-19-12-8-13/h13-14,16H,4-12H2,1-3H3. The lowest BCUT2D eigenvalue weighted by atomic mass is 9.91. The molecule has 1 N–H and O–H groups in total. The molecule has 1 rings (SSSR count). The maximum atomic E-state index is 12.1. The van der Waals surface area contributed by atoms with Crippen LogP contribution in [-0.4, -0.2) is 62.9 Å². The first-order chi connectivity index (χ1) is 9.72. The van der Waals surface area contributed by atoms with Crippen molar-refractivity contribution in [3.05, 3.63) is 0 Å². The molecular weight excluding hydrogens is 256 g/mol. The molecule has 5 nitrogen and oxygen atoms in total. The maximum Gasteiger partial charge on any atom is 0.323 e. The summed E-state index contributed by atoms with van der Waals surface area (Å²) in [7, 11) is 0. The van der Waals surface area contributed by atoms with Crippen molar-refractivity contribution in [3.63, 3.8) is 0 Å². The van der Waals surface area contributed by atoms with E-state index >= 15 is 0 Å². The average molecular weight is 286 g/mol. The van der Waals surface area contributed by atoms with Crippen molar-refractivity contribution in [1.82, 2.24) is 10.2 Å². The van der Waals surface area contributed by atoms with E-state index in [0.29, 0.717) is 12.5 Å². The highest BCUT2D eigenvalue weighted by Gasteiger charge is 2.30. The SMILES string of the molecule is CCOC(=O)C(NCCN(CC)CC)C1CCOCC1. The minimum absolute atomic E-state index is 0.112. The second-order valence-corrected chi connectivity index (χ2v) is 5.16. The van der Waals surface area contributed by atoms with Crippen molar-refractivity contribution in [2.45, 2.75) is 39.7 Å². The van der Waals surface area contributed by atoms with Crippen LogP contribution in [0.3, 0.4) is 0 Å². The molecule has 1 atom stereocenters. The van der Waals surface area contributed by atoms with Crippen LogP contribution in [0.25, 0.3) is 0 Å². The zero-order valence-corrected chi connectivity index (χ0v) is 13.2. The summed E-state index contributed by atoms with van der Waals surface area (Å²) in [5.41, 5.74) is 0. The Hall–Kier alpha value is -0.650. The molecule has 1 saturated heterocycles. The van der Waals surface area contributed by atoms with Crippen molar-refractivity contribution < 1.29 is 14.3 Å². The molecule has 0 aromatic carbocycles. The second-order valence-electron chi connectivity index (χ2n) is 5.16. The van der Waals surface area contributed by atoms with Gasteiger partial charge in [-0.2, -0.15) is 0 Å². The van der Waals surface area contributed by atoms with Crippen molar-refractivity contribution >= 4 is 5.97 Å². The Labute approximate surface area is 123 Å².